The lowest BCUT2D eigenvalue weighted by Crippen LogP contribution is -2.42. The molecule has 6 nitrogen and oxygen atoms in total. The van der Waals surface area contributed by atoms with Gasteiger partial charge in [0, 0.05) is 31.7 Å². The second-order valence-electron chi connectivity index (χ2n) is 6.88. The summed E-state index contributed by atoms with van der Waals surface area (Å²) in [6.07, 6.45) is 0. The summed E-state index contributed by atoms with van der Waals surface area (Å²) in [5.41, 5.74) is 0.544. The second-order valence-corrected chi connectivity index (χ2v) is 10.8. The summed E-state index contributed by atoms with van der Waals surface area (Å²) >= 11 is 13.7. The first-order valence-corrected chi connectivity index (χ1v) is 11.8. The van der Waals surface area contributed by atoms with Crippen molar-refractivity contribution in [1.82, 2.24) is 9.21 Å². The first kappa shape index (κ1) is 25.5. The minimum Gasteiger partial charge on any atom is -0.366 e. The molecular weight excluding hydrogens is 533 g/mol. The number of hydrogen-bond donors (Lipinski definition) is 1. The quantitative estimate of drug-likeness (QED) is 0.596. The number of hydrogen-bond acceptors (Lipinski definition) is 5. The van der Waals surface area contributed by atoms with Gasteiger partial charge >= 0.3 is 0 Å². The van der Waals surface area contributed by atoms with Gasteiger partial charge in [-0.1, -0.05) is 47.1 Å². The summed E-state index contributed by atoms with van der Waals surface area (Å²) in [6.45, 7) is 1.88. The molecule has 0 bridgehead atoms. The smallest absolute Gasteiger partial charge is 0.244 e. The molecule has 1 unspecified atom stereocenters. The molecule has 11 heteroatoms. The van der Waals surface area contributed by atoms with Crippen LogP contribution in [-0.2, 0) is 15.7 Å². The van der Waals surface area contributed by atoms with Crippen molar-refractivity contribution in [1.29, 1.82) is 0 Å². The van der Waals surface area contributed by atoms with E-state index in [-0.39, 0.29) is 32.7 Å². The number of amidine groups is 1. The molecule has 0 saturated carbocycles. The minimum atomic E-state index is -3.76. The molecule has 0 aliphatic carbocycles. The summed E-state index contributed by atoms with van der Waals surface area (Å²) < 4.78 is 26.3. The molecule has 1 N–H and O–H groups in total. The van der Waals surface area contributed by atoms with Crippen LogP contribution in [0.5, 0.6) is 0 Å². The van der Waals surface area contributed by atoms with Gasteiger partial charge in [0.25, 0.3) is 0 Å². The lowest BCUT2D eigenvalue weighted by atomic mass is 10.0. The van der Waals surface area contributed by atoms with Crippen LogP contribution in [0.4, 0.5) is 5.69 Å². The van der Waals surface area contributed by atoms with E-state index in [4.69, 9.17) is 23.2 Å². The molecule has 1 saturated heterocycles. The van der Waals surface area contributed by atoms with Gasteiger partial charge in [-0.05, 0) is 36.8 Å². The van der Waals surface area contributed by atoms with Crippen molar-refractivity contribution in [2.24, 2.45) is 4.99 Å². The van der Waals surface area contributed by atoms with Crippen LogP contribution in [0, 0.1) is 6.92 Å². The molecule has 1 fully saturated rings. The first-order chi connectivity index (χ1) is 13.5. The summed E-state index contributed by atoms with van der Waals surface area (Å²) in [6, 6.07) is 10.00. The maximum Gasteiger partial charge on any atom is 0.244 e. The van der Waals surface area contributed by atoms with E-state index in [1.807, 2.05) is 19.1 Å². The van der Waals surface area contributed by atoms with E-state index in [1.54, 1.807) is 24.1 Å². The second kappa shape index (κ2) is 9.36. The zero-order valence-electron chi connectivity index (χ0n) is 16.8. The van der Waals surface area contributed by atoms with Crippen molar-refractivity contribution in [3.63, 3.8) is 0 Å². The summed E-state index contributed by atoms with van der Waals surface area (Å²) in [4.78, 5) is 6.23. The lowest BCUT2D eigenvalue weighted by molar-refractivity contribution is -0.0349. The highest BCUT2D eigenvalue weighted by Crippen LogP contribution is 2.41. The normalized spacial score (nSPS) is 20.7. The van der Waals surface area contributed by atoms with E-state index in [9.17, 15) is 13.5 Å². The van der Waals surface area contributed by atoms with Crippen LogP contribution in [-0.4, -0.2) is 54.8 Å². The van der Waals surface area contributed by atoms with Crippen molar-refractivity contribution in [3.8, 4) is 0 Å². The van der Waals surface area contributed by atoms with E-state index >= 15 is 0 Å². The first-order valence-electron chi connectivity index (χ1n) is 8.64. The molecule has 164 valence electrons. The van der Waals surface area contributed by atoms with Crippen LogP contribution in [0.25, 0.3) is 0 Å². The van der Waals surface area contributed by atoms with E-state index < -0.39 is 15.7 Å². The molecule has 0 spiro atoms. The van der Waals surface area contributed by atoms with Crippen molar-refractivity contribution < 1.29 is 13.5 Å². The maximum absolute atomic E-state index is 12.6. The molecule has 2 aromatic carbocycles. The molecule has 1 heterocycles. The van der Waals surface area contributed by atoms with Crippen LogP contribution in [0.2, 0.25) is 10.0 Å². The monoisotopic (exact) mass is 553 g/mol. The fourth-order valence-electron chi connectivity index (χ4n) is 2.87. The predicted molar refractivity (Wildman–Crippen MR) is 130 cm³/mol. The highest BCUT2D eigenvalue weighted by Gasteiger charge is 2.43. The lowest BCUT2D eigenvalue weighted by Gasteiger charge is -2.32. The van der Waals surface area contributed by atoms with Crippen LogP contribution >= 0.6 is 51.9 Å². The largest absolute Gasteiger partial charge is 0.366 e. The topological polar surface area (TPSA) is 73.2 Å². The molecular formula is C19H22BrCl2N3O3S2. The Balaban J connectivity index is 0.00000320. The van der Waals surface area contributed by atoms with Crippen molar-refractivity contribution >= 4 is 72.8 Å². The van der Waals surface area contributed by atoms with Crippen molar-refractivity contribution in [2.45, 2.75) is 17.5 Å². The summed E-state index contributed by atoms with van der Waals surface area (Å²) in [5, 5.41) is 12.7. The van der Waals surface area contributed by atoms with Gasteiger partial charge in [-0.3, -0.25) is 0 Å². The molecule has 1 aliphatic heterocycles. The molecule has 0 radical (unpaired) electrons. The highest BCUT2D eigenvalue weighted by molar-refractivity contribution is 8.93. The Kier molecular flexibility index (Phi) is 7.94. The van der Waals surface area contributed by atoms with Gasteiger partial charge in [0.1, 0.15) is 4.90 Å². The third kappa shape index (κ3) is 4.53. The Labute approximate surface area is 201 Å². The Morgan fingerprint density at radius 3 is 2.50 bits per heavy atom. The number of rotatable bonds is 4. The van der Waals surface area contributed by atoms with Gasteiger partial charge < -0.3 is 10.0 Å². The summed E-state index contributed by atoms with van der Waals surface area (Å²) in [5.74, 6) is 0.283. The molecule has 0 amide bonds. The molecule has 3 rings (SSSR count). The third-order valence-electron chi connectivity index (χ3n) is 4.85. The number of halogens is 3. The SMILES string of the molecule is Br.Cc1c(Cl)cccc1/N=C1/SCC(O)(c2ccc(Cl)c(S(=O)(=O)N(C)C)c2)N1C. The zero-order chi connectivity index (χ0) is 21.6. The number of aliphatic imine (C=N–C) groups is 1. The van der Waals surface area contributed by atoms with E-state index in [0.29, 0.717) is 21.4 Å². The molecule has 1 aliphatic rings. The zero-order valence-corrected chi connectivity index (χ0v) is 21.6. The number of nitrogens with zero attached hydrogens (tertiary/aromatic N) is 3. The predicted octanol–water partition coefficient (Wildman–Crippen LogP) is 4.64. The number of benzene rings is 2. The molecule has 2 aromatic rings. The van der Waals surface area contributed by atoms with Crippen LogP contribution in [0.3, 0.4) is 0 Å². The Morgan fingerprint density at radius 1 is 1.20 bits per heavy atom. The van der Waals surface area contributed by atoms with E-state index in [0.717, 1.165) is 9.87 Å². The number of thioether (sulfide) groups is 1. The maximum atomic E-state index is 12.6. The number of sulfonamides is 1. The van der Waals surface area contributed by atoms with Gasteiger partial charge in [-0.25, -0.2) is 17.7 Å². The highest BCUT2D eigenvalue weighted by atomic mass is 79.9. The minimum absolute atomic E-state index is 0. The fourth-order valence-corrected chi connectivity index (χ4v) is 5.63. The van der Waals surface area contributed by atoms with Crippen LogP contribution in [0.1, 0.15) is 11.1 Å². The van der Waals surface area contributed by atoms with Gasteiger partial charge in [-0.15, -0.1) is 17.0 Å². The Bertz CT molecular complexity index is 1100. The Morgan fingerprint density at radius 2 is 1.87 bits per heavy atom. The van der Waals surface area contributed by atoms with Crippen LogP contribution in [0.15, 0.2) is 46.3 Å². The van der Waals surface area contributed by atoms with Crippen molar-refractivity contribution in [3.05, 3.63) is 57.6 Å². The molecule has 1 atom stereocenters. The molecule has 30 heavy (non-hydrogen) atoms. The van der Waals surface area contributed by atoms with Crippen LogP contribution < -0.4 is 0 Å². The van der Waals surface area contributed by atoms with Gasteiger partial charge in [0.05, 0.1) is 16.5 Å². The van der Waals surface area contributed by atoms with Gasteiger partial charge in [-0.2, -0.15) is 0 Å². The average molecular weight is 555 g/mol. The van der Waals surface area contributed by atoms with E-state index in [2.05, 4.69) is 4.99 Å². The Hall–Kier alpha value is -0.810. The molecule has 0 aromatic heterocycles. The third-order valence-corrected chi connectivity index (χ3v) is 8.73. The number of aliphatic hydroxyl groups is 1. The average Bonchev–Trinajstić information content (AvgIpc) is 2.95. The van der Waals surface area contributed by atoms with E-state index in [1.165, 1.54) is 38.0 Å². The van der Waals surface area contributed by atoms with Crippen molar-refractivity contribution in [2.75, 3.05) is 26.9 Å². The van der Waals surface area contributed by atoms with Gasteiger partial charge in [0.15, 0.2) is 10.9 Å². The summed E-state index contributed by atoms with van der Waals surface area (Å²) in [7, 11) is 0.826. The standard InChI is InChI=1S/C19H21Cl2N3O3S2.BrH/c1-12-14(20)6-5-7-16(12)22-18-24(4)19(25,11-28-18)13-8-9-15(21)17(10-13)29(26,27)23(2)3;/h5-10,25H,11H2,1-4H3;1H/b22-18+;. The fraction of sp³-hybridized carbons (Fsp3) is 0.316. The van der Waals surface area contributed by atoms with Gasteiger partial charge in [0.2, 0.25) is 10.0 Å².